The minimum Gasteiger partial charge on any atom is -0.330 e. The fourth-order valence-corrected chi connectivity index (χ4v) is 2.92. The van der Waals surface area contributed by atoms with E-state index in [0.29, 0.717) is 17.4 Å². The van der Waals surface area contributed by atoms with Crippen molar-refractivity contribution in [1.82, 2.24) is 19.4 Å². The second-order valence-corrected chi connectivity index (χ2v) is 6.28. The van der Waals surface area contributed by atoms with Crippen molar-refractivity contribution < 1.29 is 4.79 Å². The number of carbonyl (C=O) groups is 1. The molecule has 1 aliphatic rings. The Morgan fingerprint density at radius 2 is 2.13 bits per heavy atom. The number of amides is 1. The number of rotatable bonds is 3. The molecule has 23 heavy (non-hydrogen) atoms. The molecule has 122 valence electrons. The molecule has 2 aromatic heterocycles. The lowest BCUT2D eigenvalue weighted by atomic mass is 10.2. The minimum absolute atomic E-state index is 0.0757. The smallest absolute Gasteiger partial charge is 0.242 e. The Morgan fingerprint density at radius 1 is 1.35 bits per heavy atom. The lowest BCUT2D eigenvalue weighted by molar-refractivity contribution is -0.121. The van der Waals surface area contributed by atoms with Crippen molar-refractivity contribution in [3.05, 3.63) is 40.6 Å². The average Bonchev–Trinajstić information content (AvgIpc) is 2.83. The number of aromatic nitrogens is 3. The van der Waals surface area contributed by atoms with E-state index < -0.39 is 0 Å². The zero-order valence-electron chi connectivity index (χ0n) is 13.5. The highest BCUT2D eigenvalue weighted by molar-refractivity contribution is 6.30. The van der Waals surface area contributed by atoms with Crippen molar-refractivity contribution in [3.63, 3.8) is 0 Å². The molecular formula is C16H20ClN5O. The molecule has 6 nitrogen and oxygen atoms in total. The van der Waals surface area contributed by atoms with Crippen LogP contribution in [0.1, 0.15) is 24.1 Å². The fraction of sp³-hybridized carbons (Fsp3) is 0.438. The van der Waals surface area contributed by atoms with Gasteiger partial charge in [-0.3, -0.25) is 9.69 Å². The Kier molecular flexibility index (Phi) is 4.37. The van der Waals surface area contributed by atoms with Crippen LogP contribution >= 0.6 is 11.6 Å². The van der Waals surface area contributed by atoms with Crippen LogP contribution in [0, 0.1) is 13.8 Å². The van der Waals surface area contributed by atoms with Crippen LogP contribution in [0.15, 0.2) is 18.3 Å². The van der Waals surface area contributed by atoms with Crippen molar-refractivity contribution in [2.24, 2.45) is 0 Å². The maximum Gasteiger partial charge on any atom is 0.242 e. The third-order valence-corrected chi connectivity index (χ3v) is 4.62. The van der Waals surface area contributed by atoms with Gasteiger partial charge in [-0.25, -0.2) is 9.97 Å². The minimum atomic E-state index is -0.251. The van der Waals surface area contributed by atoms with Gasteiger partial charge in [0.25, 0.3) is 0 Å². The van der Waals surface area contributed by atoms with Gasteiger partial charge in [-0.1, -0.05) is 11.6 Å². The second-order valence-electron chi connectivity index (χ2n) is 5.85. The number of nitrogens with zero attached hydrogens (tertiary/aromatic N) is 4. The molecule has 0 fully saturated rings. The van der Waals surface area contributed by atoms with Gasteiger partial charge in [0.2, 0.25) is 5.91 Å². The third kappa shape index (κ3) is 3.23. The molecule has 0 saturated carbocycles. The highest BCUT2D eigenvalue weighted by Gasteiger charge is 2.27. The van der Waals surface area contributed by atoms with Gasteiger partial charge >= 0.3 is 0 Å². The summed E-state index contributed by atoms with van der Waals surface area (Å²) in [6.07, 6.45) is 1.52. The van der Waals surface area contributed by atoms with E-state index in [9.17, 15) is 4.79 Å². The molecule has 0 bridgehead atoms. The van der Waals surface area contributed by atoms with E-state index in [0.717, 1.165) is 24.6 Å². The normalized spacial score (nSPS) is 16.0. The number of aryl methyl sites for hydroxylation is 1. The number of imidazole rings is 1. The molecular weight excluding hydrogens is 314 g/mol. The molecule has 1 amide bonds. The SMILES string of the molecule is Cc1nc2n(c1C)CCN([C@H](C)C(=O)Nc1ccc(Cl)cn1)C2. The van der Waals surface area contributed by atoms with Crippen LogP contribution in [0.25, 0.3) is 0 Å². The largest absolute Gasteiger partial charge is 0.330 e. The first-order chi connectivity index (χ1) is 11.0. The number of anilines is 1. The van der Waals surface area contributed by atoms with Crippen molar-refractivity contribution in [2.45, 2.75) is 39.9 Å². The van der Waals surface area contributed by atoms with Crippen molar-refractivity contribution in [1.29, 1.82) is 0 Å². The Morgan fingerprint density at radius 3 is 2.83 bits per heavy atom. The molecule has 7 heteroatoms. The maximum atomic E-state index is 12.4. The summed E-state index contributed by atoms with van der Waals surface area (Å²) in [7, 11) is 0. The van der Waals surface area contributed by atoms with Crippen molar-refractivity contribution in [3.8, 4) is 0 Å². The van der Waals surface area contributed by atoms with Gasteiger partial charge in [0.05, 0.1) is 23.3 Å². The molecule has 3 rings (SSSR count). The average molecular weight is 334 g/mol. The number of carbonyl (C=O) groups excluding carboxylic acids is 1. The number of fused-ring (bicyclic) bond motifs is 1. The molecule has 1 aliphatic heterocycles. The molecule has 0 unspecified atom stereocenters. The van der Waals surface area contributed by atoms with Gasteiger partial charge in [0.1, 0.15) is 11.6 Å². The summed E-state index contributed by atoms with van der Waals surface area (Å²) in [6, 6.07) is 3.15. The van der Waals surface area contributed by atoms with E-state index in [4.69, 9.17) is 11.6 Å². The molecule has 1 atom stereocenters. The highest BCUT2D eigenvalue weighted by Crippen LogP contribution is 2.19. The van der Waals surface area contributed by atoms with Crippen LogP contribution in [0.3, 0.4) is 0 Å². The Balaban J connectivity index is 1.67. The standard InChI is InChI=1S/C16H20ClN5O/c1-10-11(2)22-7-6-21(9-15(22)19-10)12(3)16(23)20-14-5-4-13(17)8-18-14/h4-5,8,12H,6-7,9H2,1-3H3,(H,18,20,23)/t12-/m1/s1. The predicted molar refractivity (Wildman–Crippen MR) is 89.4 cm³/mol. The summed E-state index contributed by atoms with van der Waals surface area (Å²) in [5.41, 5.74) is 2.27. The summed E-state index contributed by atoms with van der Waals surface area (Å²) in [4.78, 5) is 23.3. The Hall–Kier alpha value is -1.92. The van der Waals surface area contributed by atoms with E-state index in [1.54, 1.807) is 12.1 Å². The summed E-state index contributed by atoms with van der Waals surface area (Å²) in [6.45, 7) is 8.38. The van der Waals surface area contributed by atoms with Gasteiger partial charge in [0, 0.05) is 25.0 Å². The summed E-state index contributed by atoms with van der Waals surface area (Å²) in [5, 5.41) is 3.38. The van der Waals surface area contributed by atoms with Gasteiger partial charge in [0.15, 0.2) is 0 Å². The first-order valence-electron chi connectivity index (χ1n) is 7.65. The van der Waals surface area contributed by atoms with Gasteiger partial charge in [-0.05, 0) is 32.9 Å². The lowest BCUT2D eigenvalue weighted by Crippen LogP contribution is -2.46. The monoisotopic (exact) mass is 333 g/mol. The maximum absolute atomic E-state index is 12.4. The lowest BCUT2D eigenvalue weighted by Gasteiger charge is -2.32. The summed E-state index contributed by atoms with van der Waals surface area (Å²) in [5.74, 6) is 1.46. The zero-order chi connectivity index (χ0) is 16.6. The van der Waals surface area contributed by atoms with E-state index in [-0.39, 0.29) is 11.9 Å². The number of pyridine rings is 1. The molecule has 0 aromatic carbocycles. The van der Waals surface area contributed by atoms with Gasteiger partial charge < -0.3 is 9.88 Å². The van der Waals surface area contributed by atoms with Crippen LogP contribution in [0.2, 0.25) is 5.02 Å². The van der Waals surface area contributed by atoms with E-state index in [1.165, 1.54) is 11.9 Å². The van der Waals surface area contributed by atoms with E-state index >= 15 is 0 Å². The van der Waals surface area contributed by atoms with Crippen molar-refractivity contribution in [2.75, 3.05) is 11.9 Å². The summed E-state index contributed by atoms with van der Waals surface area (Å²) < 4.78 is 2.23. The zero-order valence-corrected chi connectivity index (χ0v) is 14.3. The second kappa shape index (κ2) is 6.29. The number of hydrogen-bond acceptors (Lipinski definition) is 4. The van der Waals surface area contributed by atoms with E-state index in [1.807, 2.05) is 13.8 Å². The Labute approximate surface area is 140 Å². The molecule has 0 saturated heterocycles. The highest BCUT2D eigenvalue weighted by atomic mass is 35.5. The van der Waals surface area contributed by atoms with E-state index in [2.05, 4.69) is 31.7 Å². The quantitative estimate of drug-likeness (QED) is 0.936. The number of halogens is 1. The van der Waals surface area contributed by atoms with Crippen molar-refractivity contribution >= 4 is 23.3 Å². The third-order valence-electron chi connectivity index (χ3n) is 4.40. The van der Waals surface area contributed by atoms with Gasteiger partial charge in [-0.2, -0.15) is 0 Å². The number of nitrogens with one attached hydrogen (secondary N) is 1. The Bertz CT molecular complexity index is 725. The first-order valence-corrected chi connectivity index (χ1v) is 8.02. The van der Waals surface area contributed by atoms with Gasteiger partial charge in [-0.15, -0.1) is 0 Å². The van der Waals surface area contributed by atoms with Crippen LogP contribution < -0.4 is 5.32 Å². The topological polar surface area (TPSA) is 63.1 Å². The fourth-order valence-electron chi connectivity index (χ4n) is 2.81. The van der Waals surface area contributed by atoms with Crippen LogP contribution in [-0.4, -0.2) is 37.9 Å². The first kappa shape index (κ1) is 16.0. The predicted octanol–water partition coefficient (Wildman–Crippen LogP) is 2.39. The molecule has 1 N–H and O–H groups in total. The molecule has 0 spiro atoms. The molecule has 0 aliphatic carbocycles. The number of hydrogen-bond donors (Lipinski definition) is 1. The van der Waals surface area contributed by atoms with Crippen LogP contribution in [0.4, 0.5) is 5.82 Å². The molecule has 2 aromatic rings. The molecule has 0 radical (unpaired) electrons. The van der Waals surface area contributed by atoms with Crippen LogP contribution in [0.5, 0.6) is 0 Å². The molecule has 3 heterocycles. The summed E-state index contributed by atoms with van der Waals surface area (Å²) >= 11 is 5.80. The van der Waals surface area contributed by atoms with Crippen LogP contribution in [-0.2, 0) is 17.9 Å².